The van der Waals surface area contributed by atoms with Crippen LogP contribution in [-0.2, 0) is 17.6 Å². The second-order valence-corrected chi connectivity index (χ2v) is 5.46. The van der Waals surface area contributed by atoms with E-state index in [0.29, 0.717) is 6.04 Å². The molecule has 0 amide bonds. The molecule has 1 N–H and O–H groups in total. The van der Waals surface area contributed by atoms with Crippen LogP contribution in [0.15, 0.2) is 40.8 Å². The quantitative estimate of drug-likeness (QED) is 0.878. The molecule has 4 nitrogen and oxygen atoms in total. The van der Waals surface area contributed by atoms with Crippen molar-refractivity contribution in [3.8, 4) is 0 Å². The van der Waals surface area contributed by atoms with E-state index in [-0.39, 0.29) is 11.8 Å². The summed E-state index contributed by atoms with van der Waals surface area (Å²) in [6.45, 7) is 2.04. The molecule has 2 aromatic rings. The minimum absolute atomic E-state index is 0.0581. The number of hydrogen-bond donors (Lipinski definition) is 1. The van der Waals surface area contributed by atoms with Crippen molar-refractivity contribution >= 4 is 5.97 Å². The van der Waals surface area contributed by atoms with Crippen LogP contribution >= 0.6 is 0 Å². The number of hydrogen-bond acceptors (Lipinski definition) is 4. The van der Waals surface area contributed by atoms with Crippen LogP contribution in [0.2, 0.25) is 0 Å². The van der Waals surface area contributed by atoms with Crippen LogP contribution in [-0.4, -0.2) is 19.1 Å². The minimum atomic E-state index is -0.443. The molecule has 0 spiro atoms. The fraction of sp³-hybridized carbons (Fsp3) is 0.353. The van der Waals surface area contributed by atoms with Gasteiger partial charge in [0.15, 0.2) is 0 Å². The molecular formula is C17H19NO3. The lowest BCUT2D eigenvalue weighted by atomic mass is 10.1. The second-order valence-electron chi connectivity index (χ2n) is 5.46. The van der Waals surface area contributed by atoms with E-state index in [1.807, 2.05) is 13.0 Å². The highest BCUT2D eigenvalue weighted by Crippen LogP contribution is 2.24. The van der Waals surface area contributed by atoms with E-state index in [2.05, 4.69) is 34.3 Å². The topological polar surface area (TPSA) is 51.5 Å². The second kappa shape index (κ2) is 5.74. The Balaban J connectivity index is 1.64. The predicted octanol–water partition coefficient (Wildman–Crippen LogP) is 2.88. The number of fused-ring (bicyclic) bond motifs is 1. The molecule has 4 heteroatoms. The van der Waals surface area contributed by atoms with E-state index in [9.17, 15) is 4.79 Å². The minimum Gasteiger partial charge on any atom is -0.463 e. The third-order valence-corrected chi connectivity index (χ3v) is 3.98. The highest BCUT2D eigenvalue weighted by molar-refractivity contribution is 5.86. The molecule has 0 fully saturated rings. The Kier molecular flexibility index (Phi) is 3.80. The number of ether oxygens (including phenoxy) is 1. The number of nitrogens with one attached hydrogen (secondary N) is 1. The van der Waals surface area contributed by atoms with E-state index in [4.69, 9.17) is 4.42 Å². The number of benzene rings is 1. The van der Waals surface area contributed by atoms with Crippen molar-refractivity contribution in [1.82, 2.24) is 5.32 Å². The van der Waals surface area contributed by atoms with Crippen molar-refractivity contribution in [3.05, 3.63) is 59.0 Å². The van der Waals surface area contributed by atoms with Gasteiger partial charge in [-0.05, 0) is 43.0 Å². The molecule has 1 aromatic heterocycles. The molecule has 110 valence electrons. The first-order valence-electron chi connectivity index (χ1n) is 7.18. The van der Waals surface area contributed by atoms with Gasteiger partial charge >= 0.3 is 5.97 Å². The Labute approximate surface area is 124 Å². The summed E-state index contributed by atoms with van der Waals surface area (Å²) in [7, 11) is 1.35. The third kappa shape index (κ3) is 2.85. The van der Waals surface area contributed by atoms with Crippen LogP contribution in [0.3, 0.4) is 0 Å². The van der Waals surface area contributed by atoms with Gasteiger partial charge in [0.2, 0.25) is 5.76 Å². The van der Waals surface area contributed by atoms with Gasteiger partial charge in [-0.3, -0.25) is 0 Å². The lowest BCUT2D eigenvalue weighted by molar-refractivity contribution is 0.0562. The summed E-state index contributed by atoms with van der Waals surface area (Å²) in [6.07, 6.45) is 2.07. The van der Waals surface area contributed by atoms with Crippen LogP contribution in [0.1, 0.15) is 40.4 Å². The van der Waals surface area contributed by atoms with E-state index in [1.165, 1.54) is 18.2 Å². The van der Waals surface area contributed by atoms with Gasteiger partial charge in [0.05, 0.1) is 13.2 Å². The van der Waals surface area contributed by atoms with Gasteiger partial charge in [-0.2, -0.15) is 0 Å². The molecule has 21 heavy (non-hydrogen) atoms. The maximum atomic E-state index is 11.4. The molecule has 1 unspecified atom stereocenters. The van der Waals surface area contributed by atoms with Gasteiger partial charge in [0.25, 0.3) is 0 Å². The molecule has 1 aromatic carbocycles. The Morgan fingerprint density at radius 3 is 2.52 bits per heavy atom. The summed E-state index contributed by atoms with van der Waals surface area (Å²) < 4.78 is 10.2. The molecule has 0 saturated heterocycles. The van der Waals surface area contributed by atoms with Crippen molar-refractivity contribution in [3.63, 3.8) is 0 Å². The van der Waals surface area contributed by atoms with Crippen LogP contribution in [0.25, 0.3) is 0 Å². The molecule has 0 saturated carbocycles. The normalized spacial score (nSPS) is 15.7. The van der Waals surface area contributed by atoms with Crippen molar-refractivity contribution in [2.24, 2.45) is 0 Å². The van der Waals surface area contributed by atoms with E-state index in [1.54, 1.807) is 6.07 Å². The Morgan fingerprint density at radius 2 is 1.90 bits per heavy atom. The standard InChI is InChI=1S/C17H19NO3/c1-11(15-7-8-16(21-15)17(19)20-2)18-14-9-12-5-3-4-6-13(12)10-14/h3-8,11,14,18H,9-10H2,1-2H3. The summed E-state index contributed by atoms with van der Waals surface area (Å²) in [4.78, 5) is 11.4. The number of carbonyl (C=O) groups is 1. The summed E-state index contributed by atoms with van der Waals surface area (Å²) in [5, 5.41) is 3.57. The zero-order valence-corrected chi connectivity index (χ0v) is 12.3. The van der Waals surface area contributed by atoms with Gasteiger partial charge in [-0.1, -0.05) is 24.3 Å². The molecule has 0 bridgehead atoms. The Morgan fingerprint density at radius 1 is 1.24 bits per heavy atom. The van der Waals surface area contributed by atoms with Gasteiger partial charge in [-0.25, -0.2) is 4.79 Å². The number of furan rings is 1. The molecule has 1 aliphatic rings. The molecular weight excluding hydrogens is 266 g/mol. The van der Waals surface area contributed by atoms with E-state index >= 15 is 0 Å². The molecule has 1 atom stereocenters. The third-order valence-electron chi connectivity index (χ3n) is 3.98. The maximum absolute atomic E-state index is 11.4. The average Bonchev–Trinajstić information content (AvgIpc) is 3.12. The molecule has 0 aliphatic heterocycles. The fourth-order valence-electron chi connectivity index (χ4n) is 2.91. The maximum Gasteiger partial charge on any atom is 0.373 e. The van der Waals surface area contributed by atoms with E-state index in [0.717, 1.165) is 18.6 Å². The number of carbonyl (C=O) groups excluding carboxylic acids is 1. The molecule has 0 radical (unpaired) electrons. The van der Waals surface area contributed by atoms with Gasteiger partial charge in [-0.15, -0.1) is 0 Å². The number of methoxy groups -OCH3 is 1. The molecule has 1 aliphatic carbocycles. The summed E-state index contributed by atoms with van der Waals surface area (Å²) in [6, 6.07) is 12.5. The summed E-state index contributed by atoms with van der Waals surface area (Å²) in [5.41, 5.74) is 2.83. The van der Waals surface area contributed by atoms with E-state index < -0.39 is 5.97 Å². The zero-order chi connectivity index (χ0) is 14.8. The van der Waals surface area contributed by atoms with Crippen LogP contribution in [0.4, 0.5) is 0 Å². The SMILES string of the molecule is COC(=O)c1ccc(C(C)NC2Cc3ccccc3C2)o1. The van der Waals surface area contributed by atoms with Gasteiger partial charge < -0.3 is 14.5 Å². The summed E-state index contributed by atoms with van der Waals surface area (Å²) >= 11 is 0. The van der Waals surface area contributed by atoms with Crippen LogP contribution in [0, 0.1) is 0 Å². The smallest absolute Gasteiger partial charge is 0.373 e. The number of esters is 1. The predicted molar refractivity (Wildman–Crippen MR) is 79.2 cm³/mol. The van der Waals surface area contributed by atoms with Gasteiger partial charge in [0.1, 0.15) is 5.76 Å². The lowest BCUT2D eigenvalue weighted by Gasteiger charge is -2.17. The van der Waals surface area contributed by atoms with Crippen molar-refractivity contribution < 1.29 is 13.9 Å². The van der Waals surface area contributed by atoms with Crippen LogP contribution in [0.5, 0.6) is 0 Å². The van der Waals surface area contributed by atoms with Crippen LogP contribution < -0.4 is 5.32 Å². The first kappa shape index (κ1) is 13.9. The van der Waals surface area contributed by atoms with Gasteiger partial charge in [0, 0.05) is 6.04 Å². The highest BCUT2D eigenvalue weighted by atomic mass is 16.5. The van der Waals surface area contributed by atoms with Crippen molar-refractivity contribution in [1.29, 1.82) is 0 Å². The fourth-order valence-corrected chi connectivity index (χ4v) is 2.91. The van der Waals surface area contributed by atoms with Crippen molar-refractivity contribution in [2.45, 2.75) is 31.8 Å². The first-order chi connectivity index (χ1) is 10.2. The molecule has 1 heterocycles. The largest absolute Gasteiger partial charge is 0.463 e. The Bertz CT molecular complexity index is 622. The zero-order valence-electron chi connectivity index (χ0n) is 12.3. The number of rotatable bonds is 4. The summed E-state index contributed by atoms with van der Waals surface area (Å²) in [5.74, 6) is 0.559. The highest BCUT2D eigenvalue weighted by Gasteiger charge is 2.24. The lowest BCUT2D eigenvalue weighted by Crippen LogP contribution is -2.31. The average molecular weight is 285 g/mol. The first-order valence-corrected chi connectivity index (χ1v) is 7.18. The van der Waals surface area contributed by atoms with Crippen molar-refractivity contribution in [2.75, 3.05) is 7.11 Å². The monoisotopic (exact) mass is 285 g/mol. The Hall–Kier alpha value is -2.07. The molecule has 3 rings (SSSR count).